The number of halogens is 1. The molecule has 1 aliphatic rings. The highest BCUT2D eigenvalue weighted by atomic mass is 35.5. The molecular formula is C14H29ClN2O. The molecule has 1 fully saturated rings. The van der Waals surface area contributed by atoms with Gasteiger partial charge in [-0.25, -0.2) is 0 Å². The van der Waals surface area contributed by atoms with Crippen LogP contribution in [0.4, 0.5) is 0 Å². The molecule has 0 bridgehead atoms. The number of carbonyl (C=O) groups excluding carboxylic acids is 1. The molecule has 3 nitrogen and oxygen atoms in total. The summed E-state index contributed by atoms with van der Waals surface area (Å²) in [6.45, 7) is 9.33. The minimum atomic E-state index is -0.315. The molecule has 1 aliphatic carbocycles. The second-order valence-electron chi connectivity index (χ2n) is 6.91. The third-order valence-electron chi connectivity index (χ3n) is 3.75. The summed E-state index contributed by atoms with van der Waals surface area (Å²) in [5.41, 5.74) is 6.17. The number of nitrogens with two attached hydrogens (primary N) is 1. The van der Waals surface area contributed by atoms with E-state index in [9.17, 15) is 4.79 Å². The van der Waals surface area contributed by atoms with Gasteiger partial charge in [0.25, 0.3) is 0 Å². The smallest absolute Gasteiger partial charge is 0.224 e. The van der Waals surface area contributed by atoms with Gasteiger partial charge in [-0.2, -0.15) is 0 Å². The van der Waals surface area contributed by atoms with Crippen molar-refractivity contribution >= 4 is 18.3 Å². The van der Waals surface area contributed by atoms with Crippen LogP contribution in [0, 0.1) is 11.3 Å². The van der Waals surface area contributed by atoms with Crippen molar-refractivity contribution in [3.63, 3.8) is 0 Å². The van der Waals surface area contributed by atoms with Crippen LogP contribution in [0.2, 0.25) is 0 Å². The minimum Gasteiger partial charge on any atom is -0.356 e. The monoisotopic (exact) mass is 276 g/mol. The molecule has 2 unspecified atom stereocenters. The fourth-order valence-electron chi connectivity index (χ4n) is 2.47. The summed E-state index contributed by atoms with van der Waals surface area (Å²) in [7, 11) is 0. The number of carbonyl (C=O) groups is 1. The van der Waals surface area contributed by atoms with E-state index in [-0.39, 0.29) is 35.2 Å². The maximum Gasteiger partial charge on any atom is 0.224 e. The van der Waals surface area contributed by atoms with Crippen molar-refractivity contribution in [2.24, 2.45) is 17.1 Å². The Morgan fingerprint density at radius 3 is 2.50 bits per heavy atom. The standard InChI is InChI=1S/C14H28N2O.ClH/c1-13(2,3)9-10-16-12(17)11-7-5-6-8-14(11,4)15;/h11H,5-10,15H2,1-4H3,(H,16,17);1H. The van der Waals surface area contributed by atoms with Crippen molar-refractivity contribution in [1.29, 1.82) is 0 Å². The van der Waals surface area contributed by atoms with E-state index < -0.39 is 0 Å². The maximum absolute atomic E-state index is 12.1. The molecule has 0 heterocycles. The Morgan fingerprint density at radius 2 is 2.00 bits per heavy atom. The molecule has 0 aromatic rings. The van der Waals surface area contributed by atoms with E-state index in [1.165, 1.54) is 0 Å². The van der Waals surface area contributed by atoms with Crippen molar-refractivity contribution in [1.82, 2.24) is 5.32 Å². The molecule has 4 heteroatoms. The van der Waals surface area contributed by atoms with Gasteiger partial charge in [0.2, 0.25) is 5.91 Å². The first-order valence-corrected chi connectivity index (χ1v) is 6.79. The van der Waals surface area contributed by atoms with Crippen molar-refractivity contribution in [3.8, 4) is 0 Å². The molecule has 0 radical (unpaired) electrons. The molecule has 0 saturated heterocycles. The number of amides is 1. The zero-order valence-electron chi connectivity index (χ0n) is 12.2. The van der Waals surface area contributed by atoms with Crippen molar-refractivity contribution in [2.45, 2.75) is 65.3 Å². The quantitative estimate of drug-likeness (QED) is 0.833. The Kier molecular flexibility index (Phi) is 6.66. The summed E-state index contributed by atoms with van der Waals surface area (Å²) in [6, 6.07) is 0. The first-order chi connectivity index (χ1) is 7.72. The molecule has 0 aliphatic heterocycles. The number of nitrogens with one attached hydrogen (secondary N) is 1. The summed E-state index contributed by atoms with van der Waals surface area (Å²) < 4.78 is 0. The van der Waals surface area contributed by atoms with E-state index in [4.69, 9.17) is 5.73 Å². The first-order valence-electron chi connectivity index (χ1n) is 6.79. The highest BCUT2D eigenvalue weighted by Crippen LogP contribution is 2.31. The van der Waals surface area contributed by atoms with E-state index in [1.54, 1.807) is 0 Å². The van der Waals surface area contributed by atoms with E-state index in [0.717, 1.165) is 38.6 Å². The van der Waals surface area contributed by atoms with Crippen LogP contribution in [0.1, 0.15) is 59.8 Å². The van der Waals surface area contributed by atoms with E-state index >= 15 is 0 Å². The van der Waals surface area contributed by atoms with Gasteiger partial charge in [0, 0.05) is 12.1 Å². The lowest BCUT2D eigenvalue weighted by molar-refractivity contribution is -0.128. The van der Waals surface area contributed by atoms with Gasteiger partial charge < -0.3 is 11.1 Å². The van der Waals surface area contributed by atoms with Crippen LogP contribution in [0.5, 0.6) is 0 Å². The fourth-order valence-corrected chi connectivity index (χ4v) is 2.47. The van der Waals surface area contributed by atoms with E-state index in [2.05, 4.69) is 26.1 Å². The number of hydrogen-bond donors (Lipinski definition) is 2. The molecule has 108 valence electrons. The highest BCUT2D eigenvalue weighted by molar-refractivity contribution is 5.85. The normalized spacial score (nSPS) is 28.4. The Labute approximate surface area is 118 Å². The van der Waals surface area contributed by atoms with E-state index in [1.807, 2.05) is 6.92 Å². The van der Waals surface area contributed by atoms with Gasteiger partial charge in [-0.05, 0) is 31.6 Å². The van der Waals surface area contributed by atoms with Gasteiger partial charge in [0.05, 0.1) is 5.92 Å². The average Bonchev–Trinajstić information content (AvgIpc) is 2.14. The zero-order valence-corrected chi connectivity index (χ0v) is 13.0. The molecular weight excluding hydrogens is 248 g/mol. The molecule has 18 heavy (non-hydrogen) atoms. The van der Waals surface area contributed by atoms with Crippen LogP contribution in [0.15, 0.2) is 0 Å². The van der Waals surface area contributed by atoms with Gasteiger partial charge in [0.1, 0.15) is 0 Å². The molecule has 1 saturated carbocycles. The lowest BCUT2D eigenvalue weighted by Gasteiger charge is -2.37. The van der Waals surface area contributed by atoms with Gasteiger partial charge >= 0.3 is 0 Å². The van der Waals surface area contributed by atoms with Gasteiger partial charge in [-0.15, -0.1) is 12.4 Å². The second-order valence-corrected chi connectivity index (χ2v) is 6.91. The molecule has 2 atom stereocenters. The third-order valence-corrected chi connectivity index (χ3v) is 3.75. The van der Waals surface area contributed by atoms with Crippen LogP contribution < -0.4 is 11.1 Å². The SMILES string of the molecule is CC(C)(C)CCNC(=O)C1CCCCC1(C)N.Cl. The van der Waals surface area contributed by atoms with Crippen molar-refractivity contribution in [3.05, 3.63) is 0 Å². The molecule has 1 rings (SSSR count). The van der Waals surface area contributed by atoms with Gasteiger partial charge in [-0.1, -0.05) is 33.6 Å². The first kappa shape index (κ1) is 17.7. The summed E-state index contributed by atoms with van der Waals surface area (Å²) >= 11 is 0. The molecule has 0 spiro atoms. The van der Waals surface area contributed by atoms with E-state index in [0.29, 0.717) is 0 Å². The Hall–Kier alpha value is -0.280. The summed E-state index contributed by atoms with van der Waals surface area (Å²) in [5, 5.41) is 3.05. The topological polar surface area (TPSA) is 55.1 Å². The Morgan fingerprint density at radius 1 is 1.39 bits per heavy atom. The Bertz CT molecular complexity index is 271. The number of hydrogen-bond acceptors (Lipinski definition) is 2. The molecule has 3 N–H and O–H groups in total. The van der Waals surface area contributed by atoms with Gasteiger partial charge in [-0.3, -0.25) is 4.79 Å². The van der Waals surface area contributed by atoms with Crippen molar-refractivity contribution < 1.29 is 4.79 Å². The molecule has 0 aromatic heterocycles. The Balaban J connectivity index is 0.00000289. The van der Waals surface area contributed by atoms with Crippen LogP contribution in [-0.4, -0.2) is 18.0 Å². The van der Waals surface area contributed by atoms with Crippen LogP contribution >= 0.6 is 12.4 Å². The average molecular weight is 277 g/mol. The lowest BCUT2D eigenvalue weighted by Crippen LogP contribution is -2.53. The largest absolute Gasteiger partial charge is 0.356 e. The predicted octanol–water partition coefficient (Wildman–Crippen LogP) is 2.87. The zero-order chi connectivity index (χ0) is 13.1. The fraction of sp³-hybridized carbons (Fsp3) is 0.929. The highest BCUT2D eigenvalue weighted by Gasteiger charge is 2.37. The molecule has 1 amide bonds. The minimum absolute atomic E-state index is 0. The molecule has 0 aromatic carbocycles. The maximum atomic E-state index is 12.1. The summed E-state index contributed by atoms with van der Waals surface area (Å²) in [4.78, 5) is 12.1. The second kappa shape index (κ2) is 6.76. The lowest BCUT2D eigenvalue weighted by atomic mass is 9.74. The number of rotatable bonds is 3. The summed E-state index contributed by atoms with van der Waals surface area (Å²) in [5.74, 6) is 0.148. The van der Waals surface area contributed by atoms with Crippen molar-refractivity contribution in [2.75, 3.05) is 6.54 Å². The predicted molar refractivity (Wildman–Crippen MR) is 78.9 cm³/mol. The summed E-state index contributed by atoms with van der Waals surface area (Å²) in [6.07, 6.45) is 5.19. The van der Waals surface area contributed by atoms with Crippen LogP contribution in [-0.2, 0) is 4.79 Å². The van der Waals surface area contributed by atoms with Crippen LogP contribution in [0.25, 0.3) is 0 Å². The third kappa shape index (κ3) is 5.57. The van der Waals surface area contributed by atoms with Crippen LogP contribution in [0.3, 0.4) is 0 Å². The van der Waals surface area contributed by atoms with Gasteiger partial charge in [0.15, 0.2) is 0 Å².